The molecule has 36 heavy (non-hydrogen) atoms. The number of allylic oxidation sites excluding steroid dienone is 2. The van der Waals surface area contributed by atoms with Crippen LogP contribution < -0.4 is 0 Å². The Morgan fingerprint density at radius 2 is 1.06 bits per heavy atom. The van der Waals surface area contributed by atoms with Gasteiger partial charge in [0, 0.05) is 13.2 Å². The minimum absolute atomic E-state index is 0.718. The largest absolute Gasteiger partial charge is 0.381 e. The van der Waals surface area contributed by atoms with E-state index < -0.39 is 0 Å². The van der Waals surface area contributed by atoms with Crippen LogP contribution in [-0.4, -0.2) is 38.8 Å². The summed E-state index contributed by atoms with van der Waals surface area (Å²) in [5, 5.41) is 0. The summed E-state index contributed by atoms with van der Waals surface area (Å²) in [5.74, 6) is 0.718. The highest BCUT2D eigenvalue weighted by molar-refractivity contribution is 4.79. The zero-order valence-corrected chi connectivity index (χ0v) is 26.9. The molecule has 0 aromatic heterocycles. The van der Waals surface area contributed by atoms with E-state index in [0.717, 1.165) is 19.1 Å². The van der Waals surface area contributed by atoms with Crippen molar-refractivity contribution in [3.8, 4) is 0 Å². The van der Waals surface area contributed by atoms with Gasteiger partial charge in [0.1, 0.15) is 0 Å². The lowest BCUT2D eigenvalue weighted by atomic mass is 10.00. The maximum Gasteiger partial charge on any atom is 0.0506 e. The van der Waals surface area contributed by atoms with Crippen molar-refractivity contribution in [2.75, 3.05) is 33.9 Å². The zero-order chi connectivity index (χ0) is 27.5. The van der Waals surface area contributed by atoms with Crippen LogP contribution in [0.1, 0.15) is 170 Å². The molecule has 0 rings (SSSR count). The van der Waals surface area contributed by atoms with Gasteiger partial charge < -0.3 is 9.64 Å². The number of hydrogen-bond acceptors (Lipinski definition) is 2. The lowest BCUT2D eigenvalue weighted by Crippen LogP contribution is -2.25. The van der Waals surface area contributed by atoms with Gasteiger partial charge in [-0.3, -0.25) is 0 Å². The Kier molecular flexibility index (Phi) is 43.7. The first-order valence-electron chi connectivity index (χ1n) is 16.5. The maximum absolute atomic E-state index is 6.01. The summed E-state index contributed by atoms with van der Waals surface area (Å²) in [6.07, 6.45) is 31.8. The van der Waals surface area contributed by atoms with Crippen LogP contribution in [-0.2, 0) is 4.74 Å². The molecule has 1 unspecified atom stereocenters. The second kappa shape index (κ2) is 39.2. The Balaban J connectivity index is -0.000000827. The van der Waals surface area contributed by atoms with E-state index in [1.165, 1.54) is 135 Å². The predicted molar refractivity (Wildman–Crippen MR) is 168 cm³/mol. The molecule has 0 spiro atoms. The molecule has 0 fully saturated rings. The number of ether oxygens (including phenoxy) is 1. The fourth-order valence-electron chi connectivity index (χ4n) is 4.34. The van der Waals surface area contributed by atoms with Crippen molar-refractivity contribution in [2.24, 2.45) is 5.92 Å². The van der Waals surface area contributed by atoms with E-state index in [2.05, 4.69) is 58.8 Å². The van der Waals surface area contributed by atoms with Crippen molar-refractivity contribution in [3.63, 3.8) is 0 Å². The zero-order valence-electron chi connectivity index (χ0n) is 26.9. The van der Waals surface area contributed by atoms with Crippen LogP contribution in [0.15, 0.2) is 12.2 Å². The molecule has 0 bridgehead atoms. The number of unbranched alkanes of at least 4 members (excludes halogenated alkanes) is 15. The van der Waals surface area contributed by atoms with E-state index >= 15 is 0 Å². The summed E-state index contributed by atoms with van der Waals surface area (Å²) < 4.78 is 6.01. The van der Waals surface area contributed by atoms with Gasteiger partial charge in [-0.25, -0.2) is 0 Å². The quantitative estimate of drug-likeness (QED) is 0.0892. The molecule has 0 aliphatic rings. The summed E-state index contributed by atoms with van der Waals surface area (Å²) >= 11 is 0. The van der Waals surface area contributed by atoms with Crippen molar-refractivity contribution in [1.29, 1.82) is 0 Å². The predicted octanol–water partition coefficient (Wildman–Crippen LogP) is 11.6. The van der Waals surface area contributed by atoms with E-state index in [0.29, 0.717) is 0 Å². The molecule has 0 aliphatic heterocycles. The van der Waals surface area contributed by atoms with Crippen LogP contribution in [0.4, 0.5) is 0 Å². The third kappa shape index (κ3) is 40.8. The van der Waals surface area contributed by atoms with Gasteiger partial charge in [-0.1, -0.05) is 150 Å². The highest BCUT2D eigenvalue weighted by Crippen LogP contribution is 2.15. The molecule has 0 aliphatic carbocycles. The molecular weight excluding hydrogens is 438 g/mol. The Morgan fingerprint density at radius 1 is 0.583 bits per heavy atom. The van der Waals surface area contributed by atoms with Gasteiger partial charge >= 0.3 is 0 Å². The first kappa shape index (κ1) is 40.2. The fourth-order valence-corrected chi connectivity index (χ4v) is 4.34. The molecule has 1 atom stereocenters. The summed E-state index contributed by atoms with van der Waals surface area (Å²) in [6.45, 7) is 16.1. The van der Waals surface area contributed by atoms with Crippen molar-refractivity contribution in [2.45, 2.75) is 170 Å². The van der Waals surface area contributed by atoms with Gasteiger partial charge in [-0.2, -0.15) is 0 Å². The molecule has 0 aromatic carbocycles. The Hall–Kier alpha value is -0.340. The normalized spacial score (nSPS) is 11.8. The van der Waals surface area contributed by atoms with Crippen LogP contribution in [0.25, 0.3) is 0 Å². The number of rotatable bonds is 25. The van der Waals surface area contributed by atoms with Crippen molar-refractivity contribution >= 4 is 0 Å². The topological polar surface area (TPSA) is 12.5 Å². The van der Waals surface area contributed by atoms with Crippen LogP contribution in [0.5, 0.6) is 0 Å². The van der Waals surface area contributed by atoms with Gasteiger partial charge in [0.15, 0.2) is 0 Å². The van der Waals surface area contributed by atoms with Gasteiger partial charge in [0.25, 0.3) is 0 Å². The third-order valence-electron chi connectivity index (χ3n) is 6.46. The first-order valence-corrected chi connectivity index (χ1v) is 16.5. The molecular formula is C34H73NO. The Morgan fingerprint density at radius 3 is 1.56 bits per heavy atom. The van der Waals surface area contributed by atoms with Crippen LogP contribution in [0.2, 0.25) is 0 Å². The summed E-state index contributed by atoms with van der Waals surface area (Å²) in [4.78, 5) is 2.32. The molecule has 0 aromatic rings. The van der Waals surface area contributed by atoms with Crippen LogP contribution in [0, 0.1) is 5.92 Å². The van der Waals surface area contributed by atoms with E-state index in [9.17, 15) is 0 Å². The summed E-state index contributed by atoms with van der Waals surface area (Å²) in [7, 11) is 4.38. The second-order valence-electron chi connectivity index (χ2n) is 10.6. The van der Waals surface area contributed by atoms with Gasteiger partial charge in [0.05, 0.1) is 6.61 Å². The molecule has 0 saturated heterocycles. The highest BCUT2D eigenvalue weighted by Gasteiger charge is 2.10. The number of hydrogen-bond donors (Lipinski definition) is 0. The van der Waals surface area contributed by atoms with Crippen molar-refractivity contribution < 1.29 is 4.74 Å². The maximum atomic E-state index is 6.01. The van der Waals surface area contributed by atoms with Crippen molar-refractivity contribution in [3.05, 3.63) is 12.2 Å². The molecule has 0 radical (unpaired) electrons. The molecule has 220 valence electrons. The third-order valence-corrected chi connectivity index (χ3v) is 6.46. The first-order chi connectivity index (χ1) is 17.6. The van der Waals surface area contributed by atoms with E-state index in [4.69, 9.17) is 4.74 Å². The monoisotopic (exact) mass is 512 g/mol. The van der Waals surface area contributed by atoms with E-state index in [1.54, 1.807) is 0 Å². The number of nitrogens with zero attached hydrogens (tertiary/aromatic N) is 1. The Bertz CT molecular complexity index is 366. The van der Waals surface area contributed by atoms with Crippen molar-refractivity contribution in [1.82, 2.24) is 4.90 Å². The highest BCUT2D eigenvalue weighted by atomic mass is 16.5. The Labute approximate surface area is 231 Å². The minimum Gasteiger partial charge on any atom is -0.381 e. The molecule has 0 saturated carbocycles. The van der Waals surface area contributed by atoms with Crippen LogP contribution >= 0.6 is 0 Å². The molecule has 0 N–H and O–H groups in total. The average Bonchev–Trinajstić information content (AvgIpc) is 2.88. The van der Waals surface area contributed by atoms with Gasteiger partial charge in [-0.15, -0.1) is 0 Å². The molecule has 0 amide bonds. The fraction of sp³-hybridized carbons (Fsp3) is 0.941. The van der Waals surface area contributed by atoms with Crippen LogP contribution in [0.3, 0.4) is 0 Å². The standard InChI is InChI=1S/C23H49NO.C9H18.C2H6/c1-5-7-9-11-13-15-17-19-23(21-24(3)4)22-25-20-18-16-14-12-10-8-6-2;1-3-5-7-9-8-6-4-2;1-2/h23H,5-22H2,1-4H3;5,7H,3-4,6,8-9H2,1-2H3;1-2H3/b;7-5-;. The second-order valence-corrected chi connectivity index (χ2v) is 10.6. The molecule has 2 nitrogen and oxygen atoms in total. The minimum atomic E-state index is 0.718. The van der Waals surface area contributed by atoms with E-state index in [1.807, 2.05) is 13.8 Å². The SMILES string of the molecule is CC.CC/C=C\CCCCC.CCCCCCCCCOCC(CCCCCCCCC)CN(C)C. The van der Waals surface area contributed by atoms with E-state index in [-0.39, 0.29) is 0 Å². The lowest BCUT2D eigenvalue weighted by molar-refractivity contribution is 0.0816. The summed E-state index contributed by atoms with van der Waals surface area (Å²) in [5.41, 5.74) is 0. The van der Waals surface area contributed by atoms with Gasteiger partial charge in [0.2, 0.25) is 0 Å². The lowest BCUT2D eigenvalue weighted by Gasteiger charge is -2.21. The molecule has 2 heteroatoms. The average molecular weight is 512 g/mol. The molecule has 0 heterocycles. The summed E-state index contributed by atoms with van der Waals surface area (Å²) in [6, 6.07) is 0. The van der Waals surface area contributed by atoms with Gasteiger partial charge in [-0.05, 0) is 52.1 Å². The smallest absolute Gasteiger partial charge is 0.0506 e.